The lowest BCUT2D eigenvalue weighted by Gasteiger charge is -2.69. The molecular weight excluding hydrogens is 681 g/mol. The molecule has 288 valence electrons. The maximum atomic E-state index is 13.8. The molecular formula is C43H62N4O5Si. The minimum absolute atomic E-state index is 0.0763. The van der Waals surface area contributed by atoms with Crippen molar-refractivity contribution in [3.05, 3.63) is 47.9 Å². The smallest absolute Gasteiger partial charge is 0.358 e. The van der Waals surface area contributed by atoms with Crippen LogP contribution in [0, 0.1) is 23.2 Å². The Hall–Kier alpha value is -3.21. The Morgan fingerprint density at radius 1 is 0.943 bits per heavy atom. The second kappa shape index (κ2) is 12.9. The maximum absolute atomic E-state index is 13.8. The average Bonchev–Trinajstić information content (AvgIpc) is 3.38. The van der Waals surface area contributed by atoms with Crippen molar-refractivity contribution in [3.8, 4) is 28.1 Å². The zero-order chi connectivity index (χ0) is 38.2. The summed E-state index contributed by atoms with van der Waals surface area (Å²) in [5.41, 5.74) is 5.22. The average molecular weight is 743 g/mol. The van der Waals surface area contributed by atoms with Crippen LogP contribution in [0.3, 0.4) is 0 Å². The molecule has 53 heavy (non-hydrogen) atoms. The fourth-order valence-corrected chi connectivity index (χ4v) is 11.8. The second-order valence-electron chi connectivity index (χ2n) is 20.2. The summed E-state index contributed by atoms with van der Waals surface area (Å²) in [5, 5.41) is 8.61. The van der Waals surface area contributed by atoms with Gasteiger partial charge in [0, 0.05) is 35.5 Å². The third-order valence-corrected chi connectivity index (χ3v) is 17.3. The number of aromatic nitrogens is 3. The van der Waals surface area contributed by atoms with Crippen LogP contribution in [0.15, 0.2) is 36.5 Å². The minimum Gasteiger partial charge on any atom is -0.490 e. The lowest BCUT2D eigenvalue weighted by atomic mass is 9.39. The number of esters is 1. The van der Waals surface area contributed by atoms with Gasteiger partial charge in [0.25, 0.3) is 0 Å². The number of rotatable bonds is 10. The van der Waals surface area contributed by atoms with Crippen LogP contribution < -0.4 is 10.1 Å². The van der Waals surface area contributed by atoms with Crippen molar-refractivity contribution in [1.82, 2.24) is 14.8 Å². The van der Waals surface area contributed by atoms with E-state index in [4.69, 9.17) is 28.7 Å². The first-order valence-corrected chi connectivity index (χ1v) is 22.6. The predicted octanol–water partition coefficient (Wildman–Crippen LogP) is 9.84. The van der Waals surface area contributed by atoms with E-state index in [1.165, 1.54) is 19.3 Å². The van der Waals surface area contributed by atoms with Crippen molar-refractivity contribution in [1.29, 1.82) is 0 Å². The highest BCUT2D eigenvalue weighted by molar-refractivity contribution is 6.74. The molecule has 9 nitrogen and oxygen atoms in total. The van der Waals surface area contributed by atoms with Crippen LogP contribution in [-0.2, 0) is 20.4 Å². The standard InChI is InChI=1S/C43H62N4O5Si/c1-29-32(31-13-14-33(46-36(31)37(48)52-38(2,3)4)30-12-15-35-34(20-30)44-16-17-49-35)21-45-47(29)28-42-23-40(8)22-41(9,24-42)26-43(25-40,27-42)50-18-19-51-53(10,11)39(5,6)7/h12-15,20-21,44H,16-19,22-28H2,1-11H3. The van der Waals surface area contributed by atoms with Gasteiger partial charge in [-0.2, -0.15) is 5.10 Å². The lowest BCUT2D eigenvalue weighted by molar-refractivity contribution is -0.249. The number of nitrogens with zero attached hydrogens (tertiary/aromatic N) is 3. The van der Waals surface area contributed by atoms with Crippen molar-refractivity contribution in [2.75, 3.05) is 31.7 Å². The number of anilines is 1. The summed E-state index contributed by atoms with van der Waals surface area (Å²) in [6.07, 6.45) is 8.79. The molecule has 4 aliphatic carbocycles. The van der Waals surface area contributed by atoms with Gasteiger partial charge in [0.05, 0.1) is 36.4 Å². The molecule has 1 aliphatic heterocycles. The van der Waals surface area contributed by atoms with Crippen molar-refractivity contribution >= 4 is 20.0 Å². The minimum atomic E-state index is -1.84. The van der Waals surface area contributed by atoms with E-state index in [9.17, 15) is 4.79 Å². The maximum Gasteiger partial charge on any atom is 0.358 e. The summed E-state index contributed by atoms with van der Waals surface area (Å²) in [6, 6.07) is 9.96. The van der Waals surface area contributed by atoms with E-state index < -0.39 is 19.9 Å². The molecule has 3 heterocycles. The first-order chi connectivity index (χ1) is 24.6. The number of nitrogens with one attached hydrogen (secondary N) is 1. The van der Waals surface area contributed by atoms with Gasteiger partial charge >= 0.3 is 5.97 Å². The fourth-order valence-electron chi connectivity index (χ4n) is 10.7. The van der Waals surface area contributed by atoms with E-state index in [0.29, 0.717) is 31.2 Å². The highest BCUT2D eigenvalue weighted by Crippen LogP contribution is 2.72. The number of carbonyl (C=O) groups is 1. The Labute approximate surface area is 318 Å². The van der Waals surface area contributed by atoms with Gasteiger partial charge in [-0.15, -0.1) is 0 Å². The molecule has 1 N–H and O–H groups in total. The highest BCUT2D eigenvalue weighted by atomic mass is 28.4. The third kappa shape index (κ3) is 7.57. The summed E-state index contributed by atoms with van der Waals surface area (Å²) in [5.74, 6) is 0.377. The fraction of sp³-hybridized carbons (Fsp3) is 0.651. The van der Waals surface area contributed by atoms with Gasteiger partial charge in [-0.25, -0.2) is 9.78 Å². The van der Waals surface area contributed by atoms with Crippen LogP contribution >= 0.6 is 0 Å². The molecule has 4 saturated carbocycles. The van der Waals surface area contributed by atoms with Crippen LogP contribution in [0.2, 0.25) is 18.1 Å². The molecule has 4 fully saturated rings. The molecule has 10 heteroatoms. The molecule has 0 amide bonds. The predicted molar refractivity (Wildman–Crippen MR) is 213 cm³/mol. The van der Waals surface area contributed by atoms with E-state index in [0.717, 1.165) is 66.2 Å². The normalized spacial score (nSPS) is 28.0. The first-order valence-electron chi connectivity index (χ1n) is 19.7. The quantitative estimate of drug-likeness (QED) is 0.125. The molecule has 2 aromatic heterocycles. The van der Waals surface area contributed by atoms with Gasteiger partial charge < -0.3 is 24.0 Å². The van der Waals surface area contributed by atoms with Gasteiger partial charge in [-0.1, -0.05) is 34.6 Å². The van der Waals surface area contributed by atoms with E-state index >= 15 is 0 Å². The van der Waals surface area contributed by atoms with E-state index in [-0.39, 0.29) is 26.9 Å². The number of hydrogen-bond acceptors (Lipinski definition) is 8. The number of pyridine rings is 1. The molecule has 5 aliphatic rings. The summed E-state index contributed by atoms with van der Waals surface area (Å²) in [4.78, 5) is 18.8. The topological polar surface area (TPSA) is 96.7 Å². The number of ether oxygens (including phenoxy) is 3. The molecule has 0 radical (unpaired) electrons. The van der Waals surface area contributed by atoms with Gasteiger partial charge in [-0.05, 0) is 131 Å². The molecule has 3 aromatic rings. The Balaban J connectivity index is 1.17. The van der Waals surface area contributed by atoms with Gasteiger partial charge in [0.15, 0.2) is 14.0 Å². The Kier molecular flexibility index (Phi) is 9.30. The Morgan fingerprint density at radius 2 is 1.66 bits per heavy atom. The Morgan fingerprint density at radius 3 is 2.34 bits per heavy atom. The van der Waals surface area contributed by atoms with E-state index in [2.05, 4.69) is 64.6 Å². The summed E-state index contributed by atoms with van der Waals surface area (Å²) in [7, 11) is -1.84. The van der Waals surface area contributed by atoms with Gasteiger partial charge in [0.1, 0.15) is 18.0 Å². The SMILES string of the molecule is Cc1c(-c2ccc(-c3ccc4c(c3)NCCO4)nc2C(=O)OC(C)(C)C)cnn1CC12CC3(C)CC(C)(C1)CC(OCCO[Si](C)(C)C(C)(C)C)(C3)C2. The third-order valence-electron chi connectivity index (χ3n) is 12.7. The zero-order valence-electron chi connectivity index (χ0n) is 34.1. The molecule has 8 rings (SSSR count). The largest absolute Gasteiger partial charge is 0.490 e. The number of fused-ring (bicyclic) bond motifs is 1. The van der Waals surface area contributed by atoms with Crippen LogP contribution in [0.4, 0.5) is 5.69 Å². The van der Waals surface area contributed by atoms with Crippen LogP contribution in [-0.4, -0.2) is 66.6 Å². The zero-order valence-corrected chi connectivity index (χ0v) is 35.1. The van der Waals surface area contributed by atoms with E-state index in [1.807, 2.05) is 57.3 Å². The second-order valence-corrected chi connectivity index (χ2v) is 25.0. The molecule has 1 aromatic carbocycles. The molecule has 2 unspecified atom stereocenters. The number of benzene rings is 1. The summed E-state index contributed by atoms with van der Waals surface area (Å²) >= 11 is 0. The molecule has 0 spiro atoms. The van der Waals surface area contributed by atoms with Gasteiger partial charge in [-0.3, -0.25) is 4.68 Å². The lowest BCUT2D eigenvalue weighted by Crippen LogP contribution is -2.64. The number of carbonyl (C=O) groups excluding carboxylic acids is 1. The van der Waals surface area contributed by atoms with Crippen molar-refractivity contribution < 1.29 is 23.4 Å². The van der Waals surface area contributed by atoms with Crippen molar-refractivity contribution in [3.63, 3.8) is 0 Å². The van der Waals surface area contributed by atoms with Gasteiger partial charge in [0.2, 0.25) is 0 Å². The van der Waals surface area contributed by atoms with E-state index in [1.54, 1.807) is 0 Å². The monoisotopic (exact) mass is 742 g/mol. The molecule has 2 atom stereocenters. The number of hydrogen-bond donors (Lipinski definition) is 1. The first kappa shape index (κ1) is 38.1. The van der Waals surface area contributed by atoms with Crippen LogP contribution in [0.1, 0.15) is 110 Å². The highest BCUT2D eigenvalue weighted by Gasteiger charge is 2.66. The molecule has 4 bridgehead atoms. The summed E-state index contributed by atoms with van der Waals surface area (Å²) in [6.45, 7) is 27.8. The van der Waals surface area contributed by atoms with Crippen molar-refractivity contribution in [2.45, 2.75) is 137 Å². The summed E-state index contributed by atoms with van der Waals surface area (Å²) < 4.78 is 27.5. The van der Waals surface area contributed by atoms with Crippen LogP contribution in [0.5, 0.6) is 5.75 Å². The van der Waals surface area contributed by atoms with Crippen molar-refractivity contribution in [2.24, 2.45) is 16.2 Å². The Bertz CT molecular complexity index is 1870. The van der Waals surface area contributed by atoms with Crippen LogP contribution in [0.25, 0.3) is 22.4 Å². The molecule has 0 saturated heterocycles.